The van der Waals surface area contributed by atoms with Crippen molar-refractivity contribution >= 4 is 0 Å². The number of nitrogens with one attached hydrogen (secondary N) is 1. The summed E-state index contributed by atoms with van der Waals surface area (Å²) in [6.45, 7) is 6.19. The Bertz CT molecular complexity index is 445. The molecule has 112 valence electrons. The van der Waals surface area contributed by atoms with E-state index >= 15 is 0 Å². The maximum Gasteiger partial charge on any atom is 0.0577 e. The Hall–Kier alpha value is -0.340. The predicted molar refractivity (Wildman–Crippen MR) is 81.4 cm³/mol. The lowest BCUT2D eigenvalue weighted by Gasteiger charge is -2.57. The maximum absolute atomic E-state index is 10.00. The minimum atomic E-state index is -0.0760. The van der Waals surface area contributed by atoms with Crippen LogP contribution < -0.4 is 5.32 Å². The zero-order chi connectivity index (χ0) is 14.0. The summed E-state index contributed by atoms with van der Waals surface area (Å²) >= 11 is 0. The number of hydrogen-bond acceptors (Lipinski definition) is 2. The largest absolute Gasteiger partial charge is 0.393 e. The Kier molecular flexibility index (Phi) is 2.89. The van der Waals surface area contributed by atoms with E-state index < -0.39 is 0 Å². The Morgan fingerprint density at radius 1 is 1.15 bits per heavy atom. The molecule has 20 heavy (non-hydrogen) atoms. The zero-order valence-electron chi connectivity index (χ0n) is 13.0. The number of allylic oxidation sites excluding steroid dienone is 1. The first-order chi connectivity index (χ1) is 9.53. The lowest BCUT2D eigenvalue weighted by atomic mass is 9.49. The molecule has 0 aromatic rings. The number of fused-ring (bicyclic) bond motifs is 5. The van der Waals surface area contributed by atoms with Crippen LogP contribution in [0.3, 0.4) is 0 Å². The average Bonchev–Trinajstić information content (AvgIpc) is 2.81. The fourth-order valence-corrected chi connectivity index (χ4v) is 6.23. The quantitative estimate of drug-likeness (QED) is 0.665. The predicted octanol–water partition coefficient (Wildman–Crippen LogP) is 3.26. The molecule has 0 radical (unpaired) electrons. The van der Waals surface area contributed by atoms with Crippen LogP contribution in [0.4, 0.5) is 0 Å². The number of rotatable bonds is 0. The van der Waals surface area contributed by atoms with Gasteiger partial charge in [0, 0.05) is 5.54 Å². The molecule has 0 unspecified atom stereocenters. The van der Waals surface area contributed by atoms with Crippen LogP contribution in [0.2, 0.25) is 0 Å². The normalized spacial score (nSPS) is 54.6. The van der Waals surface area contributed by atoms with Crippen LogP contribution in [-0.2, 0) is 0 Å². The third-order valence-corrected chi connectivity index (χ3v) is 7.45. The first kappa shape index (κ1) is 13.3. The summed E-state index contributed by atoms with van der Waals surface area (Å²) in [5.41, 5.74) is 2.40. The van der Waals surface area contributed by atoms with Gasteiger partial charge in [-0.05, 0) is 81.6 Å². The van der Waals surface area contributed by atoms with Crippen LogP contribution in [0.15, 0.2) is 11.6 Å². The van der Waals surface area contributed by atoms with E-state index in [0.717, 1.165) is 30.6 Å². The van der Waals surface area contributed by atoms with Gasteiger partial charge in [0.05, 0.1) is 6.10 Å². The lowest BCUT2D eigenvalue weighted by Crippen LogP contribution is -2.54. The van der Waals surface area contributed by atoms with Gasteiger partial charge in [-0.15, -0.1) is 0 Å². The summed E-state index contributed by atoms with van der Waals surface area (Å²) in [5.74, 6) is 2.63. The van der Waals surface area contributed by atoms with E-state index in [1.54, 1.807) is 5.57 Å². The molecule has 0 spiro atoms. The molecule has 0 aromatic heterocycles. The number of hydrogen-bond donors (Lipinski definition) is 2. The van der Waals surface area contributed by atoms with E-state index in [1.807, 2.05) is 0 Å². The van der Waals surface area contributed by atoms with Crippen molar-refractivity contribution in [1.82, 2.24) is 5.32 Å². The van der Waals surface area contributed by atoms with E-state index in [1.165, 1.54) is 38.6 Å². The van der Waals surface area contributed by atoms with Gasteiger partial charge in [0.2, 0.25) is 0 Å². The van der Waals surface area contributed by atoms with Crippen molar-refractivity contribution in [3.63, 3.8) is 0 Å². The topological polar surface area (TPSA) is 32.3 Å². The van der Waals surface area contributed by atoms with Gasteiger partial charge in [-0.1, -0.05) is 18.6 Å². The molecule has 3 fully saturated rings. The Labute approximate surface area is 123 Å². The van der Waals surface area contributed by atoms with Crippen LogP contribution in [0.5, 0.6) is 0 Å². The second-order valence-corrected chi connectivity index (χ2v) is 8.33. The minimum absolute atomic E-state index is 0.0760. The fraction of sp³-hybridized carbons (Fsp3) is 0.889. The van der Waals surface area contributed by atoms with Gasteiger partial charge in [-0.25, -0.2) is 0 Å². The summed E-state index contributed by atoms with van der Waals surface area (Å²) < 4.78 is 0. The summed E-state index contributed by atoms with van der Waals surface area (Å²) in [4.78, 5) is 0. The molecule has 0 amide bonds. The lowest BCUT2D eigenvalue weighted by molar-refractivity contribution is -0.0148. The van der Waals surface area contributed by atoms with Crippen molar-refractivity contribution in [3.05, 3.63) is 11.6 Å². The highest BCUT2D eigenvalue weighted by atomic mass is 16.3. The maximum atomic E-state index is 10.00. The molecule has 2 saturated carbocycles. The Morgan fingerprint density at radius 3 is 2.85 bits per heavy atom. The SMILES string of the molecule is C[C@]12CC[C@H](O)CC1=CC[C@@H]1[C@@H]2CC[C@]2(C)NCC[C@@H]12. The molecule has 3 aliphatic carbocycles. The van der Waals surface area contributed by atoms with E-state index in [-0.39, 0.29) is 6.10 Å². The third-order valence-electron chi connectivity index (χ3n) is 7.45. The first-order valence-electron chi connectivity index (χ1n) is 8.65. The molecule has 6 atom stereocenters. The molecule has 4 rings (SSSR count). The van der Waals surface area contributed by atoms with Gasteiger partial charge in [0.15, 0.2) is 0 Å². The molecule has 4 aliphatic rings. The smallest absolute Gasteiger partial charge is 0.0577 e. The molecule has 0 bridgehead atoms. The molecule has 2 N–H and O–H groups in total. The first-order valence-corrected chi connectivity index (χ1v) is 8.65. The van der Waals surface area contributed by atoms with Gasteiger partial charge < -0.3 is 10.4 Å². The highest BCUT2D eigenvalue weighted by Gasteiger charge is 2.55. The van der Waals surface area contributed by atoms with E-state index in [4.69, 9.17) is 0 Å². The second-order valence-electron chi connectivity index (χ2n) is 8.33. The van der Waals surface area contributed by atoms with Gasteiger partial charge in [-0.2, -0.15) is 0 Å². The Morgan fingerprint density at radius 2 is 2.00 bits per heavy atom. The monoisotopic (exact) mass is 275 g/mol. The molecular weight excluding hydrogens is 246 g/mol. The Balaban J connectivity index is 1.68. The third kappa shape index (κ3) is 1.70. The van der Waals surface area contributed by atoms with Gasteiger partial charge >= 0.3 is 0 Å². The summed E-state index contributed by atoms with van der Waals surface area (Å²) in [6.07, 6.45) is 11.0. The van der Waals surface area contributed by atoms with E-state index in [2.05, 4.69) is 25.2 Å². The summed E-state index contributed by atoms with van der Waals surface area (Å²) in [6, 6.07) is 0. The van der Waals surface area contributed by atoms with Gasteiger partial charge in [0.1, 0.15) is 0 Å². The molecule has 0 aromatic carbocycles. The van der Waals surface area contributed by atoms with Crippen LogP contribution in [-0.4, -0.2) is 23.3 Å². The highest BCUT2D eigenvalue weighted by molar-refractivity contribution is 5.25. The number of aliphatic hydroxyl groups is 1. The standard InChI is InChI=1S/C18H29NO/c1-17-8-5-13(20)11-12(17)3-4-14-15(17)6-9-18(2)16(14)7-10-19-18/h3,13-16,19-20H,4-11H2,1-2H3/t13-,14+,15-,16-,17-,18-/m0/s1. The van der Waals surface area contributed by atoms with Crippen LogP contribution in [0.25, 0.3) is 0 Å². The van der Waals surface area contributed by atoms with Gasteiger partial charge in [-0.3, -0.25) is 0 Å². The van der Waals surface area contributed by atoms with Crippen molar-refractivity contribution in [1.29, 1.82) is 0 Å². The van der Waals surface area contributed by atoms with Gasteiger partial charge in [0.25, 0.3) is 0 Å². The second kappa shape index (κ2) is 4.33. The number of aliphatic hydroxyl groups excluding tert-OH is 1. The van der Waals surface area contributed by atoms with Crippen LogP contribution in [0, 0.1) is 23.2 Å². The van der Waals surface area contributed by atoms with Crippen LogP contribution in [0.1, 0.15) is 58.8 Å². The summed E-state index contributed by atoms with van der Waals surface area (Å²) in [5, 5.41) is 13.8. The summed E-state index contributed by atoms with van der Waals surface area (Å²) in [7, 11) is 0. The average molecular weight is 275 g/mol. The van der Waals surface area contributed by atoms with Crippen molar-refractivity contribution in [2.24, 2.45) is 23.2 Å². The van der Waals surface area contributed by atoms with Crippen molar-refractivity contribution < 1.29 is 5.11 Å². The molecule has 1 aliphatic heterocycles. The van der Waals surface area contributed by atoms with Crippen molar-refractivity contribution in [3.8, 4) is 0 Å². The molecule has 1 heterocycles. The minimum Gasteiger partial charge on any atom is -0.393 e. The molecular formula is C18H29NO. The highest BCUT2D eigenvalue weighted by Crippen LogP contribution is 2.60. The van der Waals surface area contributed by atoms with E-state index in [0.29, 0.717) is 11.0 Å². The van der Waals surface area contributed by atoms with Crippen molar-refractivity contribution in [2.75, 3.05) is 6.54 Å². The fourth-order valence-electron chi connectivity index (χ4n) is 6.23. The van der Waals surface area contributed by atoms with Crippen molar-refractivity contribution in [2.45, 2.75) is 70.4 Å². The van der Waals surface area contributed by atoms with Crippen LogP contribution >= 0.6 is 0 Å². The zero-order valence-corrected chi connectivity index (χ0v) is 13.0. The molecule has 2 heteroatoms. The molecule has 1 saturated heterocycles. The van der Waals surface area contributed by atoms with E-state index in [9.17, 15) is 5.11 Å². The molecule has 2 nitrogen and oxygen atoms in total.